The second-order valence-electron chi connectivity index (χ2n) is 4.45. The van der Waals surface area contributed by atoms with E-state index < -0.39 is 17.5 Å². The summed E-state index contributed by atoms with van der Waals surface area (Å²) < 4.78 is 38.9. The minimum absolute atomic E-state index is 0.0431. The molecule has 4 heteroatoms. The molecule has 0 heterocycles. The molecule has 15 heavy (non-hydrogen) atoms. The van der Waals surface area contributed by atoms with Crippen molar-refractivity contribution >= 4 is 0 Å². The number of hydrogen-bond acceptors (Lipinski definition) is 1. The molecule has 1 aromatic rings. The molecule has 0 aliphatic heterocycles. The van der Waals surface area contributed by atoms with Gasteiger partial charge in [0.1, 0.15) is 17.5 Å². The molecule has 1 rings (SSSR count). The van der Waals surface area contributed by atoms with E-state index >= 15 is 0 Å². The fourth-order valence-corrected chi connectivity index (χ4v) is 1.09. The van der Waals surface area contributed by atoms with E-state index in [1.807, 2.05) is 20.8 Å². The number of benzene rings is 1. The van der Waals surface area contributed by atoms with Crippen molar-refractivity contribution in [2.24, 2.45) is 0 Å². The first-order valence-electron chi connectivity index (χ1n) is 4.68. The van der Waals surface area contributed by atoms with E-state index in [0.29, 0.717) is 12.1 Å². The fourth-order valence-electron chi connectivity index (χ4n) is 1.09. The summed E-state index contributed by atoms with van der Waals surface area (Å²) in [5.74, 6) is -2.61. The lowest BCUT2D eigenvalue weighted by atomic mass is 10.1. The molecule has 0 saturated carbocycles. The van der Waals surface area contributed by atoms with Crippen LogP contribution in [0.3, 0.4) is 0 Å². The molecule has 1 nitrogen and oxygen atoms in total. The van der Waals surface area contributed by atoms with Gasteiger partial charge in [0.2, 0.25) is 0 Å². The van der Waals surface area contributed by atoms with Gasteiger partial charge in [0, 0.05) is 29.8 Å². The van der Waals surface area contributed by atoms with Crippen LogP contribution in [0.4, 0.5) is 13.2 Å². The summed E-state index contributed by atoms with van der Waals surface area (Å²) in [6.45, 7) is 5.69. The van der Waals surface area contributed by atoms with Crippen molar-refractivity contribution in [3.05, 3.63) is 35.1 Å². The van der Waals surface area contributed by atoms with Crippen molar-refractivity contribution in [2.45, 2.75) is 32.9 Å². The van der Waals surface area contributed by atoms with Crippen molar-refractivity contribution in [1.82, 2.24) is 5.32 Å². The topological polar surface area (TPSA) is 12.0 Å². The Balaban J connectivity index is 2.86. The van der Waals surface area contributed by atoms with Gasteiger partial charge in [-0.15, -0.1) is 0 Å². The molecular formula is C11H14F3N. The Morgan fingerprint density at radius 2 is 1.53 bits per heavy atom. The van der Waals surface area contributed by atoms with E-state index in [9.17, 15) is 13.2 Å². The summed E-state index contributed by atoms with van der Waals surface area (Å²) in [4.78, 5) is 0. The van der Waals surface area contributed by atoms with Crippen molar-refractivity contribution in [2.75, 3.05) is 0 Å². The van der Waals surface area contributed by atoms with Crippen LogP contribution in [0.2, 0.25) is 0 Å². The molecule has 0 spiro atoms. The second-order valence-corrected chi connectivity index (χ2v) is 4.45. The Labute approximate surface area is 87.3 Å². The van der Waals surface area contributed by atoms with Gasteiger partial charge in [-0.2, -0.15) is 0 Å². The molecule has 0 aromatic heterocycles. The summed E-state index contributed by atoms with van der Waals surface area (Å²) in [5.41, 5.74) is -0.376. The lowest BCUT2D eigenvalue weighted by molar-refractivity contribution is 0.409. The summed E-state index contributed by atoms with van der Waals surface area (Å²) in [7, 11) is 0. The van der Waals surface area contributed by atoms with Gasteiger partial charge >= 0.3 is 0 Å². The van der Waals surface area contributed by atoms with Gasteiger partial charge < -0.3 is 5.32 Å². The van der Waals surface area contributed by atoms with Crippen LogP contribution in [-0.2, 0) is 6.54 Å². The molecule has 0 bridgehead atoms. The van der Waals surface area contributed by atoms with E-state index in [1.165, 1.54) is 0 Å². The summed E-state index contributed by atoms with van der Waals surface area (Å²) >= 11 is 0. The number of hydrogen-bond donors (Lipinski definition) is 1. The van der Waals surface area contributed by atoms with Crippen LogP contribution in [0.15, 0.2) is 12.1 Å². The van der Waals surface area contributed by atoms with Gasteiger partial charge in [-0.05, 0) is 20.8 Å². The molecule has 0 radical (unpaired) electrons. The second kappa shape index (κ2) is 4.23. The van der Waals surface area contributed by atoms with Gasteiger partial charge in [0.05, 0.1) is 0 Å². The van der Waals surface area contributed by atoms with Gasteiger partial charge in [-0.3, -0.25) is 0 Å². The highest BCUT2D eigenvalue weighted by molar-refractivity contribution is 5.20. The molecule has 0 unspecified atom stereocenters. The average molecular weight is 217 g/mol. The molecule has 84 valence electrons. The Hall–Kier alpha value is -1.03. The van der Waals surface area contributed by atoms with Gasteiger partial charge in [-0.25, -0.2) is 13.2 Å². The lowest BCUT2D eigenvalue weighted by Gasteiger charge is -2.20. The summed E-state index contributed by atoms with van der Waals surface area (Å²) in [6.07, 6.45) is 0. The minimum atomic E-state index is -0.899. The van der Waals surface area contributed by atoms with E-state index in [4.69, 9.17) is 0 Å². The number of nitrogens with one attached hydrogen (secondary N) is 1. The fraction of sp³-hybridized carbons (Fsp3) is 0.455. The maximum Gasteiger partial charge on any atom is 0.133 e. The maximum absolute atomic E-state index is 13.2. The molecule has 0 fully saturated rings. The Kier molecular flexibility index (Phi) is 3.39. The highest BCUT2D eigenvalue weighted by Crippen LogP contribution is 2.15. The minimum Gasteiger partial charge on any atom is -0.308 e. The maximum atomic E-state index is 13.2. The molecular weight excluding hydrogens is 203 g/mol. The zero-order valence-corrected chi connectivity index (χ0v) is 9.00. The normalized spacial score (nSPS) is 11.9. The van der Waals surface area contributed by atoms with Crippen molar-refractivity contribution in [3.63, 3.8) is 0 Å². The summed E-state index contributed by atoms with van der Waals surface area (Å²) in [6, 6.07) is 1.37. The van der Waals surface area contributed by atoms with E-state index in [2.05, 4.69) is 5.32 Å². The number of halogens is 3. The third kappa shape index (κ3) is 3.55. The molecule has 0 aliphatic carbocycles. The highest BCUT2D eigenvalue weighted by atomic mass is 19.1. The van der Waals surface area contributed by atoms with E-state index in [1.54, 1.807) is 0 Å². The first-order chi connectivity index (χ1) is 6.79. The van der Waals surface area contributed by atoms with Gasteiger partial charge in [0.15, 0.2) is 0 Å². The van der Waals surface area contributed by atoms with E-state index in [-0.39, 0.29) is 17.6 Å². The Morgan fingerprint density at radius 3 is 1.93 bits per heavy atom. The van der Waals surface area contributed by atoms with Crippen LogP contribution in [0, 0.1) is 17.5 Å². The predicted octanol–water partition coefficient (Wildman–Crippen LogP) is 2.99. The van der Waals surface area contributed by atoms with Crippen LogP contribution in [0.1, 0.15) is 26.3 Å². The third-order valence-corrected chi connectivity index (χ3v) is 1.90. The monoisotopic (exact) mass is 217 g/mol. The third-order valence-electron chi connectivity index (χ3n) is 1.90. The van der Waals surface area contributed by atoms with Crippen LogP contribution < -0.4 is 5.32 Å². The predicted molar refractivity (Wildman–Crippen MR) is 52.9 cm³/mol. The Morgan fingerprint density at radius 1 is 1.07 bits per heavy atom. The van der Waals surface area contributed by atoms with Crippen LogP contribution in [0.5, 0.6) is 0 Å². The van der Waals surface area contributed by atoms with Gasteiger partial charge in [0.25, 0.3) is 0 Å². The molecule has 0 aliphatic rings. The quantitative estimate of drug-likeness (QED) is 0.803. The standard InChI is InChI=1S/C11H14F3N/c1-11(2,3)15-6-8-9(13)4-7(12)5-10(8)14/h4-5,15H,6H2,1-3H3. The molecule has 1 N–H and O–H groups in total. The first kappa shape index (κ1) is 12.0. The largest absolute Gasteiger partial charge is 0.308 e. The van der Waals surface area contributed by atoms with Crippen molar-refractivity contribution < 1.29 is 13.2 Å². The Bertz CT molecular complexity index is 332. The summed E-state index contributed by atoms with van der Waals surface area (Å²) in [5, 5.41) is 2.94. The van der Waals surface area contributed by atoms with Crippen LogP contribution >= 0.6 is 0 Å². The molecule has 1 aromatic carbocycles. The van der Waals surface area contributed by atoms with E-state index in [0.717, 1.165) is 0 Å². The molecule has 0 saturated heterocycles. The van der Waals surface area contributed by atoms with Gasteiger partial charge in [-0.1, -0.05) is 0 Å². The van der Waals surface area contributed by atoms with Crippen molar-refractivity contribution in [3.8, 4) is 0 Å². The smallest absolute Gasteiger partial charge is 0.133 e. The highest BCUT2D eigenvalue weighted by Gasteiger charge is 2.14. The SMILES string of the molecule is CC(C)(C)NCc1c(F)cc(F)cc1F. The zero-order chi connectivity index (χ0) is 11.6. The molecule has 0 amide bonds. The van der Waals surface area contributed by atoms with Crippen LogP contribution in [-0.4, -0.2) is 5.54 Å². The first-order valence-corrected chi connectivity index (χ1v) is 4.68. The van der Waals surface area contributed by atoms with Crippen LogP contribution in [0.25, 0.3) is 0 Å². The number of rotatable bonds is 2. The lowest BCUT2D eigenvalue weighted by Crippen LogP contribution is -2.35. The average Bonchev–Trinajstić information content (AvgIpc) is 1.99. The molecule has 0 atom stereocenters. The zero-order valence-electron chi connectivity index (χ0n) is 9.00. The van der Waals surface area contributed by atoms with Crippen molar-refractivity contribution in [1.29, 1.82) is 0 Å².